The molecule has 7 nitrogen and oxygen atoms in total. The highest BCUT2D eigenvalue weighted by Crippen LogP contribution is 2.46. The Morgan fingerprint density at radius 2 is 1.79 bits per heavy atom. The molecule has 1 amide bonds. The molecule has 0 atom stereocenters. The minimum atomic E-state index is -3.63. The second kappa shape index (κ2) is 8.84. The molecular formula is C24H24N4O3S2. The van der Waals surface area contributed by atoms with Crippen molar-refractivity contribution in [2.45, 2.75) is 23.5 Å². The molecule has 2 heterocycles. The molecule has 0 fully saturated rings. The topological polar surface area (TPSA) is 90.9 Å². The number of anilines is 2. The van der Waals surface area contributed by atoms with Crippen molar-refractivity contribution in [1.82, 2.24) is 5.43 Å². The number of fused-ring (bicyclic) bond motifs is 1. The number of allylic oxidation sites excluding steroid dienone is 2. The third-order valence-corrected chi connectivity index (χ3v) is 8.35. The minimum Gasteiger partial charge on any atom is -0.347 e. The Balaban J connectivity index is 1.39. The van der Waals surface area contributed by atoms with Gasteiger partial charge >= 0.3 is 0 Å². The number of benzene rings is 2. The lowest BCUT2D eigenvalue weighted by molar-refractivity contribution is 0.0955. The molecule has 0 saturated carbocycles. The SMILES string of the molecule is CN1/C(=C\C=N/NC(=O)c2ccc(NS(=O)(=O)c3cccs3)cc2)C(C)(C)c2ccccc21. The maximum atomic E-state index is 12.4. The molecule has 0 aliphatic carbocycles. The molecule has 1 aliphatic heterocycles. The van der Waals surface area contributed by atoms with E-state index in [0.29, 0.717) is 11.3 Å². The van der Waals surface area contributed by atoms with Gasteiger partial charge in [0.2, 0.25) is 0 Å². The Hall–Kier alpha value is -3.43. The number of hydrazone groups is 1. The van der Waals surface area contributed by atoms with Crippen molar-refractivity contribution in [2.75, 3.05) is 16.7 Å². The van der Waals surface area contributed by atoms with Crippen LogP contribution < -0.4 is 15.0 Å². The Morgan fingerprint density at radius 3 is 2.45 bits per heavy atom. The fourth-order valence-corrected chi connectivity index (χ4v) is 5.93. The van der Waals surface area contributed by atoms with Crippen molar-refractivity contribution in [3.05, 3.63) is 88.9 Å². The molecule has 4 rings (SSSR count). The van der Waals surface area contributed by atoms with Crippen LogP contribution >= 0.6 is 11.3 Å². The molecule has 170 valence electrons. The highest BCUT2D eigenvalue weighted by atomic mass is 32.2. The van der Waals surface area contributed by atoms with E-state index in [2.05, 4.69) is 46.1 Å². The molecule has 2 N–H and O–H groups in total. The number of thiophene rings is 1. The molecule has 9 heteroatoms. The number of nitrogens with zero attached hydrogens (tertiary/aromatic N) is 2. The van der Waals surface area contributed by atoms with Gasteiger partial charge in [0.1, 0.15) is 4.21 Å². The number of rotatable bonds is 6. The number of likely N-dealkylation sites (N-methyl/N-ethyl adjacent to an activating group) is 1. The first-order valence-electron chi connectivity index (χ1n) is 10.2. The van der Waals surface area contributed by atoms with Gasteiger partial charge in [-0.3, -0.25) is 9.52 Å². The largest absolute Gasteiger partial charge is 0.347 e. The predicted molar refractivity (Wildman–Crippen MR) is 133 cm³/mol. The van der Waals surface area contributed by atoms with Gasteiger partial charge in [-0.1, -0.05) is 38.1 Å². The van der Waals surface area contributed by atoms with Gasteiger partial charge in [0.05, 0.1) is 0 Å². The van der Waals surface area contributed by atoms with Crippen LogP contribution in [-0.4, -0.2) is 27.6 Å². The standard InChI is InChI=1S/C24H24N4O3S2/c1-24(2)19-7-4-5-8-20(19)28(3)21(24)14-15-25-26-23(29)17-10-12-18(13-11-17)27-33(30,31)22-9-6-16-32-22/h4-16,27H,1-3H3,(H,26,29)/b21-14-,25-15-. The first-order valence-corrected chi connectivity index (χ1v) is 12.6. The van der Waals surface area contributed by atoms with Gasteiger partial charge in [0.15, 0.2) is 0 Å². The summed E-state index contributed by atoms with van der Waals surface area (Å²) < 4.78 is 27.3. The Morgan fingerprint density at radius 1 is 1.06 bits per heavy atom. The number of amides is 1. The number of hydrogen-bond acceptors (Lipinski definition) is 6. The van der Waals surface area contributed by atoms with Gasteiger partial charge < -0.3 is 4.90 Å². The summed E-state index contributed by atoms with van der Waals surface area (Å²) in [4.78, 5) is 14.5. The molecule has 1 aromatic heterocycles. The fourth-order valence-electron chi connectivity index (χ4n) is 3.88. The first-order chi connectivity index (χ1) is 15.7. The zero-order valence-corrected chi connectivity index (χ0v) is 20.1. The predicted octanol–water partition coefficient (Wildman–Crippen LogP) is 4.58. The van der Waals surface area contributed by atoms with E-state index in [0.717, 1.165) is 22.7 Å². The monoisotopic (exact) mass is 480 g/mol. The molecule has 0 spiro atoms. The Bertz CT molecular complexity index is 1330. The second-order valence-corrected chi connectivity index (χ2v) is 10.9. The Labute approximate surface area is 197 Å². The highest BCUT2D eigenvalue weighted by Gasteiger charge is 2.37. The summed E-state index contributed by atoms with van der Waals surface area (Å²) >= 11 is 1.14. The molecule has 0 bridgehead atoms. The number of nitrogens with one attached hydrogen (secondary N) is 2. The molecule has 0 unspecified atom stereocenters. The van der Waals surface area contributed by atoms with Crippen LogP contribution in [0.5, 0.6) is 0 Å². The number of carbonyl (C=O) groups is 1. The van der Waals surface area contributed by atoms with E-state index >= 15 is 0 Å². The third kappa shape index (κ3) is 4.55. The summed E-state index contributed by atoms with van der Waals surface area (Å²) in [5.74, 6) is -0.389. The third-order valence-electron chi connectivity index (χ3n) is 5.57. The molecule has 0 saturated heterocycles. The summed E-state index contributed by atoms with van der Waals surface area (Å²) in [7, 11) is -1.61. The Kier molecular flexibility index (Phi) is 6.09. The van der Waals surface area contributed by atoms with Crippen molar-refractivity contribution >= 4 is 44.9 Å². The van der Waals surface area contributed by atoms with E-state index in [4.69, 9.17) is 0 Å². The smallest absolute Gasteiger partial charge is 0.271 e. The normalized spacial score (nSPS) is 16.2. The van der Waals surface area contributed by atoms with Crippen LogP contribution in [0.2, 0.25) is 0 Å². The summed E-state index contributed by atoms with van der Waals surface area (Å²) in [5, 5.41) is 5.75. The van der Waals surface area contributed by atoms with Gasteiger partial charge in [0.25, 0.3) is 15.9 Å². The van der Waals surface area contributed by atoms with E-state index in [9.17, 15) is 13.2 Å². The lowest BCUT2D eigenvalue weighted by Gasteiger charge is -2.23. The van der Waals surface area contributed by atoms with E-state index in [-0.39, 0.29) is 15.5 Å². The van der Waals surface area contributed by atoms with Gasteiger partial charge in [-0.15, -0.1) is 11.3 Å². The second-order valence-electron chi connectivity index (χ2n) is 8.09. The fraction of sp³-hybridized carbons (Fsp3) is 0.167. The van der Waals surface area contributed by atoms with Gasteiger partial charge in [-0.25, -0.2) is 13.8 Å². The molecule has 33 heavy (non-hydrogen) atoms. The van der Waals surface area contributed by atoms with Crippen LogP contribution in [0.1, 0.15) is 29.8 Å². The van der Waals surface area contributed by atoms with Gasteiger partial charge in [0, 0.05) is 41.3 Å². The van der Waals surface area contributed by atoms with Crippen LogP contribution in [0.3, 0.4) is 0 Å². The van der Waals surface area contributed by atoms with Crippen LogP contribution in [0.25, 0.3) is 0 Å². The minimum absolute atomic E-state index is 0.173. The van der Waals surface area contributed by atoms with Crippen molar-refractivity contribution < 1.29 is 13.2 Å². The van der Waals surface area contributed by atoms with Gasteiger partial charge in [-0.2, -0.15) is 5.10 Å². The van der Waals surface area contributed by atoms with Crippen molar-refractivity contribution in [1.29, 1.82) is 0 Å². The van der Waals surface area contributed by atoms with Crippen LogP contribution in [0.4, 0.5) is 11.4 Å². The van der Waals surface area contributed by atoms with Crippen molar-refractivity contribution in [2.24, 2.45) is 5.10 Å². The maximum absolute atomic E-state index is 12.4. The van der Waals surface area contributed by atoms with Crippen LogP contribution in [0.15, 0.2) is 87.1 Å². The van der Waals surface area contributed by atoms with E-state index in [1.807, 2.05) is 25.3 Å². The summed E-state index contributed by atoms with van der Waals surface area (Å²) in [6.45, 7) is 4.31. The number of carbonyl (C=O) groups excluding carboxylic acids is 1. The lowest BCUT2D eigenvalue weighted by Crippen LogP contribution is -2.23. The number of para-hydroxylation sites is 1. The lowest BCUT2D eigenvalue weighted by atomic mass is 9.84. The van der Waals surface area contributed by atoms with E-state index in [1.165, 1.54) is 11.6 Å². The summed E-state index contributed by atoms with van der Waals surface area (Å²) in [6, 6.07) is 17.6. The maximum Gasteiger partial charge on any atom is 0.271 e. The zero-order valence-electron chi connectivity index (χ0n) is 18.4. The van der Waals surface area contributed by atoms with Crippen molar-refractivity contribution in [3.63, 3.8) is 0 Å². The molecule has 1 aliphatic rings. The summed E-state index contributed by atoms with van der Waals surface area (Å²) in [6.07, 6.45) is 3.46. The first kappa shape index (κ1) is 22.8. The highest BCUT2D eigenvalue weighted by molar-refractivity contribution is 7.94. The quantitative estimate of drug-likeness (QED) is 0.399. The number of sulfonamides is 1. The molecular weight excluding hydrogens is 456 g/mol. The van der Waals surface area contributed by atoms with E-state index < -0.39 is 10.0 Å². The van der Waals surface area contributed by atoms with Crippen molar-refractivity contribution in [3.8, 4) is 0 Å². The van der Waals surface area contributed by atoms with Crippen LogP contribution in [-0.2, 0) is 15.4 Å². The zero-order chi connectivity index (χ0) is 23.6. The molecule has 0 radical (unpaired) electrons. The van der Waals surface area contributed by atoms with Crippen LogP contribution in [0, 0.1) is 0 Å². The van der Waals surface area contributed by atoms with E-state index in [1.54, 1.807) is 41.9 Å². The van der Waals surface area contributed by atoms with Gasteiger partial charge in [-0.05, 0) is 53.4 Å². The summed E-state index contributed by atoms with van der Waals surface area (Å²) in [5.41, 5.74) is 6.54. The number of hydrogen-bond donors (Lipinski definition) is 2. The average molecular weight is 481 g/mol. The molecule has 2 aromatic carbocycles. The molecule has 3 aromatic rings. The average Bonchev–Trinajstić information content (AvgIpc) is 3.40.